The van der Waals surface area contributed by atoms with Crippen LogP contribution in [0.15, 0.2) is 36.5 Å². The molecule has 0 aliphatic rings. The number of H-pyrrole nitrogens is 1. The summed E-state index contributed by atoms with van der Waals surface area (Å²) in [5.41, 5.74) is 0.427. The van der Waals surface area contributed by atoms with Crippen molar-refractivity contribution in [1.29, 1.82) is 0 Å². The van der Waals surface area contributed by atoms with E-state index in [1.807, 2.05) is 0 Å². The average molecular weight is 275 g/mol. The summed E-state index contributed by atoms with van der Waals surface area (Å²) in [5.74, 6) is 0.514. The van der Waals surface area contributed by atoms with E-state index in [4.69, 9.17) is 4.74 Å². The van der Waals surface area contributed by atoms with Gasteiger partial charge >= 0.3 is 6.16 Å². The number of aromatic nitrogens is 2. The number of anilines is 1. The van der Waals surface area contributed by atoms with Gasteiger partial charge in [-0.2, -0.15) is 5.10 Å². The highest BCUT2D eigenvalue weighted by Crippen LogP contribution is 2.14. The van der Waals surface area contributed by atoms with E-state index < -0.39 is 6.16 Å². The van der Waals surface area contributed by atoms with Gasteiger partial charge in [0.25, 0.3) is 5.91 Å². The second-order valence-electron chi connectivity index (χ2n) is 3.73. The minimum atomic E-state index is -0.776. The molecule has 104 valence electrons. The monoisotopic (exact) mass is 275 g/mol. The Morgan fingerprint density at radius 1 is 1.25 bits per heavy atom. The smallest absolute Gasteiger partial charge is 0.434 e. The molecule has 1 aromatic heterocycles. The number of hydrogen-bond donors (Lipinski definition) is 2. The van der Waals surface area contributed by atoms with Gasteiger partial charge in [-0.1, -0.05) is 0 Å². The number of aromatic amines is 1. The van der Waals surface area contributed by atoms with Gasteiger partial charge in [0.15, 0.2) is 0 Å². The van der Waals surface area contributed by atoms with Crippen LogP contribution in [0.1, 0.15) is 17.3 Å². The van der Waals surface area contributed by atoms with Crippen LogP contribution >= 0.6 is 0 Å². The maximum absolute atomic E-state index is 11.9. The predicted molar refractivity (Wildman–Crippen MR) is 70.6 cm³/mol. The largest absolute Gasteiger partial charge is 0.513 e. The Kier molecular flexibility index (Phi) is 4.33. The summed E-state index contributed by atoms with van der Waals surface area (Å²) >= 11 is 0. The lowest BCUT2D eigenvalue weighted by Gasteiger charge is -2.05. The van der Waals surface area contributed by atoms with Gasteiger partial charge in [-0.3, -0.25) is 9.89 Å². The number of rotatable bonds is 4. The molecule has 0 fully saturated rings. The lowest BCUT2D eigenvalue weighted by Crippen LogP contribution is -2.13. The van der Waals surface area contributed by atoms with E-state index in [9.17, 15) is 9.59 Å². The first-order valence-corrected chi connectivity index (χ1v) is 5.94. The minimum Gasteiger partial charge on any atom is -0.434 e. The zero-order valence-corrected chi connectivity index (χ0v) is 10.8. The molecule has 0 radical (unpaired) electrons. The Balaban J connectivity index is 1.97. The van der Waals surface area contributed by atoms with E-state index in [2.05, 4.69) is 20.3 Å². The molecule has 1 heterocycles. The maximum atomic E-state index is 11.9. The second kappa shape index (κ2) is 6.37. The number of nitrogens with one attached hydrogen (secondary N) is 2. The van der Waals surface area contributed by atoms with Crippen LogP contribution < -0.4 is 10.1 Å². The van der Waals surface area contributed by atoms with Crippen LogP contribution in [0.5, 0.6) is 5.75 Å². The molecule has 1 amide bonds. The Morgan fingerprint density at radius 2 is 2.00 bits per heavy atom. The van der Waals surface area contributed by atoms with Crippen molar-refractivity contribution in [2.45, 2.75) is 6.92 Å². The van der Waals surface area contributed by atoms with Crippen molar-refractivity contribution in [3.05, 3.63) is 42.1 Å². The molecule has 7 nitrogen and oxygen atoms in total. The van der Waals surface area contributed by atoms with E-state index in [-0.39, 0.29) is 12.5 Å². The van der Waals surface area contributed by atoms with Crippen LogP contribution in [-0.4, -0.2) is 28.9 Å². The van der Waals surface area contributed by atoms with Gasteiger partial charge in [-0.15, -0.1) is 0 Å². The fourth-order valence-corrected chi connectivity index (χ4v) is 1.44. The van der Waals surface area contributed by atoms with E-state index in [1.165, 1.54) is 18.3 Å². The molecule has 0 bridgehead atoms. The first kappa shape index (κ1) is 13.6. The Labute approximate surface area is 114 Å². The highest BCUT2D eigenvalue weighted by Gasteiger charge is 2.09. The molecule has 2 N–H and O–H groups in total. The molecule has 1 aromatic carbocycles. The lowest BCUT2D eigenvalue weighted by atomic mass is 10.2. The van der Waals surface area contributed by atoms with Crippen molar-refractivity contribution >= 4 is 17.9 Å². The van der Waals surface area contributed by atoms with Crippen molar-refractivity contribution in [2.24, 2.45) is 0 Å². The average Bonchev–Trinajstić information content (AvgIpc) is 2.92. The van der Waals surface area contributed by atoms with Gasteiger partial charge < -0.3 is 14.8 Å². The molecular formula is C13H13N3O4. The lowest BCUT2D eigenvalue weighted by molar-refractivity contribution is 0.102. The normalized spacial score (nSPS) is 9.85. The number of ether oxygens (including phenoxy) is 2. The fourth-order valence-electron chi connectivity index (χ4n) is 1.44. The second-order valence-corrected chi connectivity index (χ2v) is 3.73. The van der Waals surface area contributed by atoms with E-state index in [0.717, 1.165) is 0 Å². The van der Waals surface area contributed by atoms with Gasteiger partial charge in [-0.25, -0.2) is 4.79 Å². The van der Waals surface area contributed by atoms with Gasteiger partial charge in [0, 0.05) is 11.6 Å². The Bertz CT molecular complexity index is 578. The third kappa shape index (κ3) is 3.58. The standard InChI is InChI=1S/C13H13N3O4/c1-2-19-13(18)20-10-5-3-9(4-6-10)12(17)15-11-7-8-14-16-11/h3-8H,2H2,1H3,(H2,14,15,16,17). The maximum Gasteiger partial charge on any atom is 0.513 e. The Morgan fingerprint density at radius 3 is 2.60 bits per heavy atom. The fraction of sp³-hybridized carbons (Fsp3) is 0.154. The van der Waals surface area contributed by atoms with Gasteiger partial charge in [0.2, 0.25) is 0 Å². The summed E-state index contributed by atoms with van der Waals surface area (Å²) < 4.78 is 9.53. The minimum absolute atomic E-state index is 0.240. The van der Waals surface area contributed by atoms with Crippen LogP contribution in [0.4, 0.5) is 10.6 Å². The van der Waals surface area contributed by atoms with Gasteiger partial charge in [0.05, 0.1) is 12.8 Å². The summed E-state index contributed by atoms with van der Waals surface area (Å²) in [5, 5.41) is 8.97. The van der Waals surface area contributed by atoms with Crippen molar-refractivity contribution in [3.63, 3.8) is 0 Å². The molecular weight excluding hydrogens is 262 g/mol. The molecule has 2 aromatic rings. The summed E-state index contributed by atoms with van der Waals surface area (Å²) in [4.78, 5) is 23.0. The third-order valence-electron chi connectivity index (χ3n) is 2.33. The highest BCUT2D eigenvalue weighted by atomic mass is 16.7. The SMILES string of the molecule is CCOC(=O)Oc1ccc(C(=O)Nc2ccn[nH]2)cc1. The summed E-state index contributed by atoms with van der Waals surface area (Å²) in [6.07, 6.45) is 0.758. The molecule has 0 saturated carbocycles. The van der Waals surface area contributed by atoms with E-state index in [0.29, 0.717) is 17.1 Å². The molecule has 0 spiro atoms. The van der Waals surface area contributed by atoms with E-state index >= 15 is 0 Å². The molecule has 0 unspecified atom stereocenters. The summed E-state index contributed by atoms with van der Waals surface area (Å²) in [6.45, 7) is 1.92. The van der Waals surface area contributed by atoms with Gasteiger partial charge in [0.1, 0.15) is 11.6 Å². The Hall–Kier alpha value is -2.83. The van der Waals surface area contributed by atoms with Crippen LogP contribution in [0.2, 0.25) is 0 Å². The molecule has 0 saturated heterocycles. The van der Waals surface area contributed by atoms with Crippen LogP contribution in [0, 0.1) is 0 Å². The number of carbonyl (C=O) groups is 2. The van der Waals surface area contributed by atoms with Gasteiger partial charge in [-0.05, 0) is 31.2 Å². The molecule has 0 aliphatic heterocycles. The highest BCUT2D eigenvalue weighted by molar-refractivity contribution is 6.03. The molecule has 7 heteroatoms. The number of hydrogen-bond acceptors (Lipinski definition) is 5. The topological polar surface area (TPSA) is 93.3 Å². The first-order chi connectivity index (χ1) is 9.69. The van der Waals surface area contributed by atoms with E-state index in [1.54, 1.807) is 25.1 Å². The number of carbonyl (C=O) groups excluding carboxylic acids is 2. The van der Waals surface area contributed by atoms with Crippen LogP contribution in [-0.2, 0) is 4.74 Å². The quantitative estimate of drug-likeness (QED) is 0.659. The van der Waals surface area contributed by atoms with Crippen molar-refractivity contribution in [2.75, 3.05) is 11.9 Å². The zero-order valence-electron chi connectivity index (χ0n) is 10.8. The molecule has 0 aliphatic carbocycles. The van der Waals surface area contributed by atoms with Crippen LogP contribution in [0.25, 0.3) is 0 Å². The molecule has 0 atom stereocenters. The van der Waals surface area contributed by atoms with Crippen LogP contribution in [0.3, 0.4) is 0 Å². The molecule has 2 rings (SSSR count). The first-order valence-electron chi connectivity index (χ1n) is 5.94. The summed E-state index contributed by atoms with van der Waals surface area (Å²) in [7, 11) is 0. The van der Waals surface area contributed by atoms with Crippen molar-refractivity contribution < 1.29 is 19.1 Å². The zero-order chi connectivity index (χ0) is 14.4. The van der Waals surface area contributed by atoms with Crippen molar-refractivity contribution in [1.82, 2.24) is 10.2 Å². The number of benzene rings is 1. The molecule has 20 heavy (non-hydrogen) atoms. The third-order valence-corrected chi connectivity index (χ3v) is 2.33. The summed E-state index contributed by atoms with van der Waals surface area (Å²) in [6, 6.07) is 7.74. The number of amides is 1. The number of nitrogens with zero attached hydrogens (tertiary/aromatic N) is 1. The predicted octanol–water partition coefficient (Wildman–Crippen LogP) is 2.20. The van der Waals surface area contributed by atoms with Crippen molar-refractivity contribution in [3.8, 4) is 5.75 Å².